The Morgan fingerprint density at radius 1 is 1.11 bits per heavy atom. The van der Waals surface area contributed by atoms with E-state index in [1.165, 1.54) is 0 Å². The summed E-state index contributed by atoms with van der Waals surface area (Å²) in [5.41, 5.74) is 0.470. The quantitative estimate of drug-likeness (QED) is 0.810. The Morgan fingerprint density at radius 2 is 1.68 bits per heavy atom. The van der Waals surface area contributed by atoms with Gasteiger partial charge in [0, 0.05) is 6.07 Å². The summed E-state index contributed by atoms with van der Waals surface area (Å²) in [5, 5.41) is 9.26. The minimum absolute atomic E-state index is 0.452. The zero-order chi connectivity index (χ0) is 13.9. The third kappa shape index (κ3) is 2.45. The van der Waals surface area contributed by atoms with Crippen molar-refractivity contribution >= 4 is 0 Å². The van der Waals surface area contributed by atoms with E-state index in [1.807, 2.05) is 6.07 Å². The summed E-state index contributed by atoms with van der Waals surface area (Å²) in [4.78, 5) is 0. The number of ether oxygens (including phenoxy) is 4. The molecular formula is C14H17NO4. The molecule has 1 aromatic carbocycles. The first-order valence-corrected chi connectivity index (χ1v) is 5.96. The molecule has 1 aromatic rings. The van der Waals surface area contributed by atoms with Crippen LogP contribution < -0.4 is 14.2 Å². The minimum Gasteiger partial charge on any atom is -0.496 e. The summed E-state index contributed by atoms with van der Waals surface area (Å²) >= 11 is 0. The average molecular weight is 263 g/mol. The van der Waals surface area contributed by atoms with Crippen molar-refractivity contribution in [2.75, 3.05) is 34.5 Å². The lowest BCUT2D eigenvalue weighted by Crippen LogP contribution is -2.43. The summed E-state index contributed by atoms with van der Waals surface area (Å²) in [5.74, 6) is 1.93. The highest BCUT2D eigenvalue weighted by Crippen LogP contribution is 2.39. The molecule has 0 bridgehead atoms. The van der Waals surface area contributed by atoms with Crippen LogP contribution in [-0.2, 0) is 11.2 Å². The topological polar surface area (TPSA) is 60.7 Å². The van der Waals surface area contributed by atoms with Gasteiger partial charge in [-0.25, -0.2) is 0 Å². The molecule has 0 spiro atoms. The van der Waals surface area contributed by atoms with Crippen molar-refractivity contribution in [3.63, 3.8) is 0 Å². The van der Waals surface area contributed by atoms with Gasteiger partial charge in [0.1, 0.15) is 11.2 Å². The second-order valence-electron chi connectivity index (χ2n) is 4.58. The summed E-state index contributed by atoms with van der Waals surface area (Å²) < 4.78 is 21.0. The minimum atomic E-state index is -0.452. The first-order chi connectivity index (χ1) is 9.18. The normalized spacial score (nSPS) is 16.1. The van der Waals surface area contributed by atoms with Crippen LogP contribution in [0.2, 0.25) is 0 Å². The maximum atomic E-state index is 9.26. The number of hydrogen-bond donors (Lipinski definition) is 0. The second-order valence-corrected chi connectivity index (χ2v) is 4.58. The van der Waals surface area contributed by atoms with Crippen LogP contribution in [0.4, 0.5) is 0 Å². The molecular weight excluding hydrogens is 246 g/mol. The third-order valence-electron chi connectivity index (χ3n) is 3.31. The van der Waals surface area contributed by atoms with Crippen molar-refractivity contribution in [3.05, 3.63) is 17.7 Å². The van der Waals surface area contributed by atoms with Gasteiger partial charge < -0.3 is 18.9 Å². The fraction of sp³-hybridized carbons (Fsp3) is 0.500. The van der Waals surface area contributed by atoms with E-state index < -0.39 is 5.41 Å². The lowest BCUT2D eigenvalue weighted by Gasteiger charge is -2.35. The number of rotatable bonds is 5. The second kappa shape index (κ2) is 5.37. The number of hydrogen-bond acceptors (Lipinski definition) is 5. The lowest BCUT2D eigenvalue weighted by molar-refractivity contribution is -0.0767. The molecule has 1 aliphatic rings. The molecule has 0 atom stereocenters. The van der Waals surface area contributed by atoms with Gasteiger partial charge in [0.25, 0.3) is 0 Å². The highest BCUT2D eigenvalue weighted by atomic mass is 16.5. The first kappa shape index (κ1) is 13.5. The zero-order valence-corrected chi connectivity index (χ0v) is 11.4. The van der Waals surface area contributed by atoms with Crippen LogP contribution >= 0.6 is 0 Å². The fourth-order valence-corrected chi connectivity index (χ4v) is 2.15. The summed E-state index contributed by atoms with van der Waals surface area (Å²) in [7, 11) is 4.76. The van der Waals surface area contributed by atoms with E-state index in [0.717, 1.165) is 5.56 Å². The maximum absolute atomic E-state index is 9.26. The van der Waals surface area contributed by atoms with Crippen LogP contribution in [0.3, 0.4) is 0 Å². The first-order valence-electron chi connectivity index (χ1n) is 5.96. The standard InChI is InChI=1S/C14H17NO4/c1-16-11-5-13(18-3)12(17-2)4-10(11)6-14(7-15)8-19-9-14/h4-5H,6,8-9H2,1-3H3. The van der Waals surface area contributed by atoms with Gasteiger partial charge in [-0.05, 0) is 18.1 Å². The molecule has 102 valence electrons. The van der Waals surface area contributed by atoms with Gasteiger partial charge >= 0.3 is 0 Å². The van der Waals surface area contributed by atoms with Gasteiger partial charge in [0.15, 0.2) is 11.5 Å². The molecule has 0 N–H and O–H groups in total. The number of methoxy groups -OCH3 is 3. The van der Waals surface area contributed by atoms with Gasteiger partial charge in [-0.1, -0.05) is 0 Å². The lowest BCUT2D eigenvalue weighted by atomic mass is 9.81. The summed E-state index contributed by atoms with van der Waals surface area (Å²) in [6, 6.07) is 5.96. The van der Waals surface area contributed by atoms with Gasteiger partial charge in [-0.3, -0.25) is 0 Å². The monoisotopic (exact) mass is 263 g/mol. The molecule has 0 unspecified atom stereocenters. The van der Waals surface area contributed by atoms with E-state index in [1.54, 1.807) is 27.4 Å². The van der Waals surface area contributed by atoms with Crippen molar-refractivity contribution < 1.29 is 18.9 Å². The third-order valence-corrected chi connectivity index (χ3v) is 3.31. The number of nitrogens with zero attached hydrogens (tertiary/aromatic N) is 1. The Balaban J connectivity index is 2.36. The molecule has 5 heteroatoms. The van der Waals surface area contributed by atoms with Crippen LogP contribution in [0.25, 0.3) is 0 Å². The summed E-state index contributed by atoms with van der Waals surface area (Å²) in [6.07, 6.45) is 0.576. The van der Waals surface area contributed by atoms with Crippen LogP contribution in [-0.4, -0.2) is 34.5 Å². The molecule has 19 heavy (non-hydrogen) atoms. The molecule has 0 aromatic heterocycles. The molecule has 0 amide bonds. The van der Waals surface area contributed by atoms with E-state index >= 15 is 0 Å². The van der Waals surface area contributed by atoms with Crippen molar-refractivity contribution in [2.45, 2.75) is 6.42 Å². The van der Waals surface area contributed by atoms with Gasteiger partial charge in [-0.15, -0.1) is 0 Å². The van der Waals surface area contributed by atoms with E-state index in [4.69, 9.17) is 18.9 Å². The van der Waals surface area contributed by atoms with E-state index in [9.17, 15) is 5.26 Å². The van der Waals surface area contributed by atoms with E-state index in [2.05, 4.69) is 6.07 Å². The fourth-order valence-electron chi connectivity index (χ4n) is 2.15. The zero-order valence-electron chi connectivity index (χ0n) is 11.4. The molecule has 1 fully saturated rings. The molecule has 0 saturated carbocycles. The van der Waals surface area contributed by atoms with E-state index in [0.29, 0.717) is 36.9 Å². The Bertz CT molecular complexity index is 503. The van der Waals surface area contributed by atoms with Crippen LogP contribution in [0, 0.1) is 16.7 Å². The molecule has 5 nitrogen and oxygen atoms in total. The summed E-state index contributed by atoms with van der Waals surface area (Å²) in [6.45, 7) is 0.919. The van der Waals surface area contributed by atoms with Crippen LogP contribution in [0.5, 0.6) is 17.2 Å². The van der Waals surface area contributed by atoms with Crippen molar-refractivity contribution in [2.24, 2.45) is 5.41 Å². The van der Waals surface area contributed by atoms with Crippen LogP contribution in [0.15, 0.2) is 12.1 Å². The molecule has 1 saturated heterocycles. The number of nitriles is 1. The maximum Gasteiger partial charge on any atom is 0.164 e. The smallest absolute Gasteiger partial charge is 0.164 e. The van der Waals surface area contributed by atoms with Gasteiger partial charge in [-0.2, -0.15) is 5.26 Å². The van der Waals surface area contributed by atoms with Crippen LogP contribution in [0.1, 0.15) is 5.56 Å². The van der Waals surface area contributed by atoms with Gasteiger partial charge in [0.05, 0.1) is 40.6 Å². The van der Waals surface area contributed by atoms with Crippen molar-refractivity contribution in [3.8, 4) is 23.3 Å². The predicted octanol–water partition coefficient (Wildman–Crippen LogP) is 1.80. The molecule has 2 rings (SSSR count). The average Bonchev–Trinajstić information content (AvgIpc) is 2.41. The highest BCUT2D eigenvalue weighted by Gasteiger charge is 2.40. The molecule has 0 radical (unpaired) electrons. The SMILES string of the molecule is COc1cc(OC)c(OC)cc1CC1(C#N)COC1. The largest absolute Gasteiger partial charge is 0.496 e. The van der Waals surface area contributed by atoms with Gasteiger partial charge in [0.2, 0.25) is 0 Å². The predicted molar refractivity (Wildman–Crippen MR) is 68.7 cm³/mol. The van der Waals surface area contributed by atoms with Crippen molar-refractivity contribution in [1.82, 2.24) is 0 Å². The Kier molecular flexibility index (Phi) is 3.82. The van der Waals surface area contributed by atoms with Crippen molar-refractivity contribution in [1.29, 1.82) is 5.26 Å². The molecule has 1 aliphatic heterocycles. The highest BCUT2D eigenvalue weighted by molar-refractivity contribution is 5.51. The Morgan fingerprint density at radius 3 is 2.11 bits per heavy atom. The molecule has 1 heterocycles. The Hall–Kier alpha value is -1.93. The number of benzene rings is 1. The van der Waals surface area contributed by atoms with E-state index in [-0.39, 0.29) is 0 Å². The Labute approximate surface area is 112 Å². The molecule has 0 aliphatic carbocycles.